The van der Waals surface area contributed by atoms with E-state index >= 15 is 0 Å². The molecule has 0 aliphatic carbocycles. The van der Waals surface area contributed by atoms with E-state index in [-0.39, 0.29) is 18.0 Å². The molecule has 0 unspecified atom stereocenters. The molecule has 0 heterocycles. The van der Waals surface area contributed by atoms with Crippen molar-refractivity contribution in [2.24, 2.45) is 0 Å². The fraction of sp³-hybridized carbons (Fsp3) is 0.385. The summed E-state index contributed by atoms with van der Waals surface area (Å²) in [6.45, 7) is 5.43. The third kappa shape index (κ3) is 5.25. The Morgan fingerprint density at radius 1 is 1.21 bits per heavy atom. The quantitative estimate of drug-likeness (QED) is 0.523. The zero-order chi connectivity index (χ0) is 14.8. The molecule has 6 heteroatoms. The van der Waals surface area contributed by atoms with Crippen molar-refractivity contribution < 1.29 is 19.4 Å². The third-order valence-electron chi connectivity index (χ3n) is 2.08. The summed E-state index contributed by atoms with van der Waals surface area (Å²) in [6.07, 6.45) is 0.142. The Morgan fingerprint density at radius 2 is 1.68 bits per heavy atom. The number of carbonyl (C=O) groups excluding carboxylic acids is 1. The average molecular weight is 488 g/mol. The predicted octanol–water partition coefficient (Wildman–Crippen LogP) is 3.48. The first-order valence-corrected chi connectivity index (χ1v) is 7.69. The van der Waals surface area contributed by atoms with E-state index in [1.54, 1.807) is 12.1 Å². The molecular weight excluding hydrogens is 474 g/mol. The van der Waals surface area contributed by atoms with Crippen molar-refractivity contribution in [1.82, 2.24) is 0 Å². The Bertz CT molecular complexity index is 495. The molecule has 0 bridgehead atoms. The van der Waals surface area contributed by atoms with Crippen LogP contribution in [-0.2, 0) is 16.0 Å². The second-order valence-corrected chi connectivity index (χ2v) is 7.33. The molecule has 1 rings (SSSR count). The lowest BCUT2D eigenvalue weighted by Crippen LogP contribution is -2.25. The molecule has 0 saturated heterocycles. The lowest BCUT2D eigenvalue weighted by Gasteiger charge is -2.19. The second-order valence-electron chi connectivity index (χ2n) is 5.00. The minimum absolute atomic E-state index is 0.142. The van der Waals surface area contributed by atoms with Gasteiger partial charge in [-0.05, 0) is 83.6 Å². The van der Waals surface area contributed by atoms with Gasteiger partial charge in [-0.2, -0.15) is 0 Å². The van der Waals surface area contributed by atoms with Crippen molar-refractivity contribution >= 4 is 57.1 Å². The molecule has 0 fully saturated rings. The number of esters is 1. The standard InChI is InChI=1S/C13H14I2O4/c1-13(2,3)19-10(16)6-7-4-8(14)11(12(17)18)9(15)5-7/h4-5H,6H2,1-3H3,(H,17,18). The summed E-state index contributed by atoms with van der Waals surface area (Å²) in [5.74, 6) is -1.28. The van der Waals surface area contributed by atoms with Gasteiger partial charge in [0.15, 0.2) is 0 Å². The van der Waals surface area contributed by atoms with Crippen molar-refractivity contribution in [3.63, 3.8) is 0 Å². The normalized spacial score (nSPS) is 11.2. The van der Waals surface area contributed by atoms with Gasteiger partial charge in [-0.1, -0.05) is 0 Å². The van der Waals surface area contributed by atoms with Crippen molar-refractivity contribution in [2.75, 3.05) is 0 Å². The van der Waals surface area contributed by atoms with E-state index in [2.05, 4.69) is 0 Å². The number of benzene rings is 1. The molecule has 0 saturated carbocycles. The molecule has 1 aromatic rings. The van der Waals surface area contributed by atoms with Crippen molar-refractivity contribution in [1.29, 1.82) is 0 Å². The minimum atomic E-state index is -0.961. The molecule has 0 amide bonds. The summed E-state index contributed by atoms with van der Waals surface area (Å²) in [5.41, 5.74) is 0.514. The molecule has 0 spiro atoms. The fourth-order valence-electron chi connectivity index (χ4n) is 1.48. The van der Waals surface area contributed by atoms with Gasteiger partial charge in [-0.15, -0.1) is 0 Å². The number of aromatic carboxylic acids is 1. The van der Waals surface area contributed by atoms with Crippen LogP contribution in [0, 0.1) is 7.14 Å². The van der Waals surface area contributed by atoms with Crippen LogP contribution >= 0.6 is 45.2 Å². The van der Waals surface area contributed by atoms with E-state index in [1.807, 2.05) is 66.0 Å². The van der Waals surface area contributed by atoms with E-state index < -0.39 is 11.6 Å². The number of rotatable bonds is 3. The van der Waals surface area contributed by atoms with Gasteiger partial charge >= 0.3 is 11.9 Å². The van der Waals surface area contributed by atoms with Crippen LogP contribution in [0.5, 0.6) is 0 Å². The maximum absolute atomic E-state index is 11.7. The Kier molecular flexibility index (Phi) is 5.60. The first kappa shape index (κ1) is 16.7. The summed E-state index contributed by atoms with van der Waals surface area (Å²) < 4.78 is 6.48. The van der Waals surface area contributed by atoms with Crippen molar-refractivity contribution in [3.8, 4) is 0 Å². The lowest BCUT2D eigenvalue weighted by molar-refractivity contribution is -0.153. The van der Waals surface area contributed by atoms with Gasteiger partial charge < -0.3 is 9.84 Å². The molecule has 19 heavy (non-hydrogen) atoms. The SMILES string of the molecule is CC(C)(C)OC(=O)Cc1cc(I)c(C(=O)O)c(I)c1. The Labute approximate surface area is 139 Å². The second kappa shape index (κ2) is 6.38. The van der Waals surface area contributed by atoms with E-state index in [0.29, 0.717) is 7.14 Å². The summed E-state index contributed by atoms with van der Waals surface area (Å²) in [4.78, 5) is 22.8. The Hall–Kier alpha value is -0.380. The molecule has 1 N–H and O–H groups in total. The highest BCUT2D eigenvalue weighted by Gasteiger charge is 2.19. The van der Waals surface area contributed by atoms with E-state index in [4.69, 9.17) is 9.84 Å². The first-order chi connectivity index (χ1) is 8.60. The summed E-state index contributed by atoms with van der Waals surface area (Å²) in [5, 5.41) is 9.07. The molecule has 0 radical (unpaired) electrons. The number of ether oxygens (including phenoxy) is 1. The average Bonchev–Trinajstić information content (AvgIpc) is 2.10. The summed E-state index contributed by atoms with van der Waals surface area (Å²) in [6, 6.07) is 3.41. The van der Waals surface area contributed by atoms with Gasteiger partial charge in [0.25, 0.3) is 0 Å². The Balaban J connectivity index is 2.93. The van der Waals surface area contributed by atoms with Crippen molar-refractivity contribution in [3.05, 3.63) is 30.4 Å². The summed E-state index contributed by atoms with van der Waals surface area (Å²) >= 11 is 3.93. The van der Waals surface area contributed by atoms with Crippen molar-refractivity contribution in [2.45, 2.75) is 32.8 Å². The number of hydrogen-bond acceptors (Lipinski definition) is 3. The fourth-order valence-corrected chi connectivity index (χ4v) is 3.83. The number of carbonyl (C=O) groups is 2. The topological polar surface area (TPSA) is 63.6 Å². The zero-order valence-electron chi connectivity index (χ0n) is 10.8. The van der Waals surface area contributed by atoms with Crippen LogP contribution in [0.25, 0.3) is 0 Å². The molecule has 1 aromatic carbocycles. The zero-order valence-corrected chi connectivity index (χ0v) is 15.1. The highest BCUT2D eigenvalue weighted by atomic mass is 127. The molecule has 0 aliphatic heterocycles. The van der Waals surface area contributed by atoms with Gasteiger partial charge in [0.05, 0.1) is 12.0 Å². The highest BCUT2D eigenvalue weighted by molar-refractivity contribution is 14.1. The van der Waals surface area contributed by atoms with Crippen LogP contribution in [0.2, 0.25) is 0 Å². The number of carboxylic acids is 1. The molecule has 0 aromatic heterocycles. The highest BCUT2D eigenvalue weighted by Crippen LogP contribution is 2.22. The first-order valence-electron chi connectivity index (χ1n) is 5.53. The van der Waals surface area contributed by atoms with Crippen LogP contribution in [0.15, 0.2) is 12.1 Å². The molecule has 4 nitrogen and oxygen atoms in total. The number of carboxylic acid groups (broad SMARTS) is 1. The monoisotopic (exact) mass is 488 g/mol. The number of halogens is 2. The molecular formula is C13H14I2O4. The van der Waals surface area contributed by atoms with E-state index in [9.17, 15) is 9.59 Å². The van der Waals surface area contributed by atoms with Gasteiger partial charge in [0.2, 0.25) is 0 Å². The van der Waals surface area contributed by atoms with Crippen LogP contribution in [0.3, 0.4) is 0 Å². The van der Waals surface area contributed by atoms with Crippen LogP contribution in [0.4, 0.5) is 0 Å². The maximum atomic E-state index is 11.7. The van der Waals surface area contributed by atoms with E-state index in [0.717, 1.165) is 5.56 Å². The van der Waals surface area contributed by atoms with Crippen LogP contribution < -0.4 is 0 Å². The largest absolute Gasteiger partial charge is 0.478 e. The smallest absolute Gasteiger partial charge is 0.337 e. The van der Waals surface area contributed by atoms with E-state index in [1.165, 1.54) is 0 Å². The molecule has 0 aliphatic rings. The lowest BCUT2D eigenvalue weighted by atomic mass is 10.1. The maximum Gasteiger partial charge on any atom is 0.337 e. The molecule has 104 valence electrons. The van der Waals surface area contributed by atoms with Gasteiger partial charge in [0.1, 0.15) is 5.60 Å². The third-order valence-corrected chi connectivity index (χ3v) is 3.79. The van der Waals surface area contributed by atoms with Gasteiger partial charge in [-0.3, -0.25) is 4.79 Å². The molecule has 0 atom stereocenters. The number of hydrogen-bond donors (Lipinski definition) is 1. The van der Waals surface area contributed by atoms with Crippen LogP contribution in [-0.4, -0.2) is 22.6 Å². The summed E-state index contributed by atoms with van der Waals surface area (Å²) in [7, 11) is 0. The Morgan fingerprint density at radius 3 is 2.05 bits per heavy atom. The van der Waals surface area contributed by atoms with Gasteiger partial charge in [-0.25, -0.2) is 4.79 Å². The minimum Gasteiger partial charge on any atom is -0.478 e. The predicted molar refractivity (Wildman–Crippen MR) is 88.4 cm³/mol. The van der Waals surface area contributed by atoms with Gasteiger partial charge in [0, 0.05) is 7.14 Å². The van der Waals surface area contributed by atoms with Crippen LogP contribution in [0.1, 0.15) is 36.7 Å².